The van der Waals surface area contributed by atoms with E-state index in [1.807, 2.05) is 0 Å². The molecule has 1 N–H and O–H groups in total. The Morgan fingerprint density at radius 2 is 2.56 bits per heavy atom. The van der Waals surface area contributed by atoms with Gasteiger partial charge in [0.15, 0.2) is 0 Å². The molecule has 9 heavy (non-hydrogen) atoms. The second-order valence-electron chi connectivity index (χ2n) is 2.23. The zero-order valence-corrected chi connectivity index (χ0v) is 4.80. The summed E-state index contributed by atoms with van der Waals surface area (Å²) in [5.41, 5.74) is -1.61. The van der Waals surface area contributed by atoms with Crippen molar-refractivity contribution in [2.24, 2.45) is 5.92 Å². The van der Waals surface area contributed by atoms with Crippen LogP contribution in [0.4, 0.5) is 4.39 Å². The minimum atomic E-state index is -1.61. The summed E-state index contributed by atoms with van der Waals surface area (Å²) in [5.74, 6) is -1.91. The molecule has 0 aliphatic heterocycles. The monoisotopic (exact) mass is 130 g/mol. The Hall–Kier alpha value is -0.860. The largest absolute Gasteiger partial charge is 0.481 e. The lowest BCUT2D eigenvalue weighted by atomic mass is 10.3. The molecule has 3 heteroatoms. The number of carbonyl (C=O) groups is 1. The van der Waals surface area contributed by atoms with Crippen LogP contribution in [0.25, 0.3) is 0 Å². The number of halogens is 1. The van der Waals surface area contributed by atoms with Crippen LogP contribution in [-0.4, -0.2) is 16.7 Å². The van der Waals surface area contributed by atoms with Crippen LogP contribution in [0.2, 0.25) is 0 Å². The molecule has 50 valence electrons. The maximum Gasteiger partial charge on any atom is 0.310 e. The van der Waals surface area contributed by atoms with Gasteiger partial charge in [0.05, 0.1) is 5.92 Å². The number of rotatable bonds is 2. The lowest BCUT2D eigenvalue weighted by molar-refractivity contribution is -0.139. The van der Waals surface area contributed by atoms with E-state index in [0.29, 0.717) is 0 Å². The third kappa shape index (κ3) is 0.823. The summed E-state index contributed by atoms with van der Waals surface area (Å²) >= 11 is 0. The molecule has 0 aromatic carbocycles. The maximum atomic E-state index is 12.6. The number of hydrogen-bond acceptors (Lipinski definition) is 1. The Balaban J connectivity index is 2.57. The van der Waals surface area contributed by atoms with Crippen LogP contribution in [0.1, 0.15) is 6.42 Å². The van der Waals surface area contributed by atoms with Crippen molar-refractivity contribution in [1.82, 2.24) is 0 Å². The smallest absolute Gasteiger partial charge is 0.310 e. The fourth-order valence-electron chi connectivity index (χ4n) is 0.772. The number of aliphatic carboxylic acids is 1. The molecule has 0 spiro atoms. The SMILES string of the molecule is C=C[C@]1(F)C[C@H]1C(=O)O. The van der Waals surface area contributed by atoms with Crippen LogP contribution in [0.5, 0.6) is 0 Å². The summed E-state index contributed by atoms with van der Waals surface area (Å²) in [7, 11) is 0. The van der Waals surface area contributed by atoms with E-state index in [9.17, 15) is 9.18 Å². The van der Waals surface area contributed by atoms with Gasteiger partial charge in [-0.1, -0.05) is 12.7 Å². The Morgan fingerprint density at radius 1 is 2.00 bits per heavy atom. The van der Waals surface area contributed by atoms with E-state index in [1.165, 1.54) is 0 Å². The van der Waals surface area contributed by atoms with E-state index in [1.54, 1.807) is 0 Å². The second kappa shape index (κ2) is 1.56. The molecule has 0 amide bonds. The van der Waals surface area contributed by atoms with Gasteiger partial charge in [0.1, 0.15) is 5.67 Å². The van der Waals surface area contributed by atoms with Gasteiger partial charge in [0, 0.05) is 6.42 Å². The third-order valence-electron chi connectivity index (χ3n) is 1.57. The van der Waals surface area contributed by atoms with Crippen LogP contribution in [0, 0.1) is 5.92 Å². The first-order valence-electron chi connectivity index (χ1n) is 2.65. The van der Waals surface area contributed by atoms with Gasteiger partial charge in [-0.3, -0.25) is 4.79 Å². The second-order valence-corrected chi connectivity index (χ2v) is 2.23. The average molecular weight is 130 g/mol. The van der Waals surface area contributed by atoms with E-state index in [2.05, 4.69) is 6.58 Å². The Bertz CT molecular complexity index is 166. The predicted molar refractivity (Wildman–Crippen MR) is 29.8 cm³/mol. The predicted octanol–water partition coefficient (Wildman–Crippen LogP) is 0.985. The van der Waals surface area contributed by atoms with Gasteiger partial charge < -0.3 is 5.11 Å². The van der Waals surface area contributed by atoms with Crippen molar-refractivity contribution >= 4 is 5.97 Å². The lowest BCUT2D eigenvalue weighted by Gasteiger charge is -1.92. The molecule has 0 unspecified atom stereocenters. The summed E-state index contributed by atoms with van der Waals surface area (Å²) in [6.45, 7) is 3.19. The molecule has 0 radical (unpaired) electrons. The molecule has 1 saturated carbocycles. The van der Waals surface area contributed by atoms with E-state index < -0.39 is 17.6 Å². The van der Waals surface area contributed by atoms with Gasteiger partial charge in [-0.2, -0.15) is 0 Å². The zero-order chi connectivity index (χ0) is 7.07. The summed E-state index contributed by atoms with van der Waals surface area (Å²) < 4.78 is 12.6. The van der Waals surface area contributed by atoms with Crippen LogP contribution >= 0.6 is 0 Å². The Morgan fingerprint density at radius 3 is 2.67 bits per heavy atom. The fourth-order valence-corrected chi connectivity index (χ4v) is 0.772. The minimum Gasteiger partial charge on any atom is -0.481 e. The Kier molecular flexibility index (Phi) is 1.08. The van der Waals surface area contributed by atoms with Crippen molar-refractivity contribution in [3.05, 3.63) is 12.7 Å². The fraction of sp³-hybridized carbons (Fsp3) is 0.500. The van der Waals surface area contributed by atoms with Crippen molar-refractivity contribution in [3.8, 4) is 0 Å². The lowest BCUT2D eigenvalue weighted by Crippen LogP contribution is -2.07. The highest BCUT2D eigenvalue weighted by Gasteiger charge is 2.57. The van der Waals surface area contributed by atoms with Gasteiger partial charge in [-0.05, 0) is 0 Å². The number of alkyl halides is 1. The highest BCUT2D eigenvalue weighted by molar-refractivity contribution is 5.76. The van der Waals surface area contributed by atoms with Crippen molar-refractivity contribution in [2.45, 2.75) is 12.1 Å². The molecule has 0 aromatic heterocycles. The normalized spacial score (nSPS) is 39.9. The molecule has 1 rings (SSSR count). The number of hydrogen-bond donors (Lipinski definition) is 1. The molecule has 0 aromatic rings. The average Bonchev–Trinajstić information content (AvgIpc) is 2.44. The molecule has 1 aliphatic rings. The first kappa shape index (κ1) is 6.26. The van der Waals surface area contributed by atoms with E-state index in [-0.39, 0.29) is 6.42 Å². The van der Waals surface area contributed by atoms with Gasteiger partial charge in [-0.15, -0.1) is 0 Å². The molecule has 2 atom stereocenters. The quantitative estimate of drug-likeness (QED) is 0.566. The van der Waals surface area contributed by atoms with Gasteiger partial charge in [0.2, 0.25) is 0 Å². The molecule has 1 aliphatic carbocycles. The topological polar surface area (TPSA) is 37.3 Å². The van der Waals surface area contributed by atoms with Crippen LogP contribution in [-0.2, 0) is 4.79 Å². The van der Waals surface area contributed by atoms with Crippen LogP contribution < -0.4 is 0 Å². The first-order valence-corrected chi connectivity index (χ1v) is 2.65. The Labute approximate surface area is 52.0 Å². The number of carboxylic acid groups (broad SMARTS) is 1. The number of allylic oxidation sites excluding steroid dienone is 1. The minimum absolute atomic E-state index is 0.0891. The molecular formula is C6H7FO2. The van der Waals surface area contributed by atoms with Gasteiger partial charge >= 0.3 is 5.97 Å². The zero-order valence-electron chi connectivity index (χ0n) is 4.80. The highest BCUT2D eigenvalue weighted by Crippen LogP contribution is 2.48. The highest BCUT2D eigenvalue weighted by atomic mass is 19.1. The van der Waals surface area contributed by atoms with Crippen molar-refractivity contribution in [1.29, 1.82) is 0 Å². The molecular weight excluding hydrogens is 123 g/mol. The van der Waals surface area contributed by atoms with Crippen LogP contribution in [0.15, 0.2) is 12.7 Å². The summed E-state index contributed by atoms with van der Waals surface area (Å²) in [5, 5.41) is 8.23. The van der Waals surface area contributed by atoms with Crippen molar-refractivity contribution < 1.29 is 14.3 Å². The van der Waals surface area contributed by atoms with Gasteiger partial charge in [0.25, 0.3) is 0 Å². The molecule has 0 heterocycles. The summed E-state index contributed by atoms with van der Waals surface area (Å²) in [4.78, 5) is 10.0. The van der Waals surface area contributed by atoms with Crippen LogP contribution in [0.3, 0.4) is 0 Å². The van der Waals surface area contributed by atoms with E-state index in [4.69, 9.17) is 5.11 Å². The first-order chi connectivity index (χ1) is 4.10. The molecule has 0 saturated heterocycles. The molecule has 0 bridgehead atoms. The third-order valence-corrected chi connectivity index (χ3v) is 1.57. The standard InChI is InChI=1S/C6H7FO2/c1-2-6(7)3-4(6)5(8)9/h2,4H,1,3H2,(H,8,9)/t4-,6-/m0/s1. The van der Waals surface area contributed by atoms with E-state index >= 15 is 0 Å². The molecule has 2 nitrogen and oxygen atoms in total. The van der Waals surface area contributed by atoms with Gasteiger partial charge in [-0.25, -0.2) is 4.39 Å². The summed E-state index contributed by atoms with van der Waals surface area (Å²) in [6.07, 6.45) is 1.15. The summed E-state index contributed by atoms with van der Waals surface area (Å²) in [6, 6.07) is 0. The van der Waals surface area contributed by atoms with Crippen molar-refractivity contribution in [3.63, 3.8) is 0 Å². The maximum absolute atomic E-state index is 12.6. The van der Waals surface area contributed by atoms with E-state index in [0.717, 1.165) is 6.08 Å². The number of carboxylic acids is 1. The molecule has 1 fully saturated rings. The van der Waals surface area contributed by atoms with Crippen molar-refractivity contribution in [2.75, 3.05) is 0 Å².